The second-order valence-electron chi connectivity index (χ2n) is 10.1. The van der Waals surface area contributed by atoms with Crippen molar-refractivity contribution in [1.29, 1.82) is 5.41 Å². The van der Waals surface area contributed by atoms with Crippen LogP contribution in [0, 0.1) is 24.7 Å². The van der Waals surface area contributed by atoms with E-state index in [4.69, 9.17) is 27.8 Å². The van der Waals surface area contributed by atoms with Gasteiger partial charge in [0.15, 0.2) is 0 Å². The molecule has 4 N–H and O–H groups in total. The predicted octanol–water partition coefficient (Wildman–Crippen LogP) is 4.91. The fraction of sp³-hybridized carbons (Fsp3) is 0.321. The van der Waals surface area contributed by atoms with Crippen molar-refractivity contribution in [2.24, 2.45) is 5.41 Å². The Morgan fingerprint density at radius 3 is 2.53 bits per heavy atom. The highest BCUT2D eigenvalue weighted by Crippen LogP contribution is 2.55. The van der Waals surface area contributed by atoms with E-state index < -0.39 is 0 Å². The van der Waals surface area contributed by atoms with Crippen LogP contribution in [0.5, 0.6) is 0 Å². The number of aromatic nitrogens is 2. The fourth-order valence-corrected chi connectivity index (χ4v) is 6.05. The van der Waals surface area contributed by atoms with Crippen molar-refractivity contribution in [3.05, 3.63) is 70.4 Å². The molecule has 2 heterocycles. The maximum atomic E-state index is 11.9. The summed E-state index contributed by atoms with van der Waals surface area (Å²) in [5, 5.41) is 23.2. The van der Waals surface area contributed by atoms with E-state index in [2.05, 4.69) is 11.3 Å². The highest BCUT2D eigenvalue weighted by atomic mass is 35.5. The van der Waals surface area contributed by atoms with Crippen LogP contribution in [0.25, 0.3) is 22.4 Å². The molecule has 0 unspecified atom stereocenters. The van der Waals surface area contributed by atoms with Crippen molar-refractivity contribution < 1.29 is 9.90 Å². The van der Waals surface area contributed by atoms with E-state index in [9.17, 15) is 9.90 Å². The third-order valence-electron chi connectivity index (χ3n) is 7.69. The number of aliphatic hydroxyl groups is 1. The lowest BCUT2D eigenvalue weighted by Crippen LogP contribution is -2.63. The van der Waals surface area contributed by atoms with Crippen molar-refractivity contribution in [2.45, 2.75) is 39.3 Å². The van der Waals surface area contributed by atoms with E-state index in [-0.39, 0.29) is 24.0 Å². The molecular weight excluding hydrogens is 474 g/mol. The molecule has 1 aliphatic heterocycles. The molecule has 36 heavy (non-hydrogen) atoms. The van der Waals surface area contributed by atoms with E-state index in [1.807, 2.05) is 43.0 Å². The van der Waals surface area contributed by atoms with Crippen molar-refractivity contribution in [2.75, 3.05) is 18.8 Å². The number of carbonyl (C=O) groups excluding carboxylic acids is 1. The molecule has 1 aromatic heterocycles. The van der Waals surface area contributed by atoms with E-state index >= 15 is 0 Å². The molecule has 3 aromatic rings. The van der Waals surface area contributed by atoms with Crippen LogP contribution < -0.4 is 5.73 Å². The minimum Gasteiger partial charge on any atom is -0.398 e. The van der Waals surface area contributed by atoms with Crippen molar-refractivity contribution in [3.8, 4) is 22.4 Å². The summed E-state index contributed by atoms with van der Waals surface area (Å²) in [7, 11) is 0. The molecule has 186 valence electrons. The second-order valence-corrected chi connectivity index (χ2v) is 10.5. The summed E-state index contributed by atoms with van der Waals surface area (Å²) in [4.78, 5) is 13.8. The van der Waals surface area contributed by atoms with Gasteiger partial charge in [-0.05, 0) is 50.0 Å². The minimum absolute atomic E-state index is 0.0129. The zero-order valence-electron chi connectivity index (χ0n) is 20.5. The molecule has 1 amide bonds. The number of rotatable bonds is 6. The molecule has 8 heteroatoms. The van der Waals surface area contributed by atoms with Gasteiger partial charge in [0.05, 0.1) is 17.7 Å². The van der Waals surface area contributed by atoms with Gasteiger partial charge in [-0.2, -0.15) is 5.10 Å². The zero-order valence-corrected chi connectivity index (χ0v) is 21.3. The first-order valence-corrected chi connectivity index (χ1v) is 12.4. The Bertz CT molecular complexity index is 1380. The summed E-state index contributed by atoms with van der Waals surface area (Å²) >= 11 is 6.86. The first kappa shape index (κ1) is 24.3. The number of nitrogens with two attached hydrogens (primary N) is 1. The molecule has 0 bridgehead atoms. The molecule has 1 spiro atoms. The Morgan fingerprint density at radius 2 is 1.94 bits per heavy atom. The third-order valence-corrected chi connectivity index (χ3v) is 8.18. The summed E-state index contributed by atoms with van der Waals surface area (Å²) in [5.74, 6) is -0.0129. The van der Waals surface area contributed by atoms with E-state index in [1.165, 1.54) is 12.3 Å². The Labute approximate surface area is 215 Å². The van der Waals surface area contributed by atoms with Crippen molar-refractivity contribution in [1.82, 2.24) is 14.7 Å². The molecule has 2 aliphatic rings. The quantitative estimate of drug-likeness (QED) is 0.252. The normalized spacial score (nSPS) is 16.5. The highest BCUT2D eigenvalue weighted by Gasteiger charge is 2.54. The molecule has 1 aliphatic carbocycles. The van der Waals surface area contributed by atoms with Crippen LogP contribution in [0.15, 0.2) is 43.0 Å². The smallest absolute Gasteiger partial charge is 0.245 e. The average molecular weight is 504 g/mol. The number of halogens is 1. The number of nitrogen functional groups attached to an aromatic ring is 1. The average Bonchev–Trinajstić information content (AvgIpc) is 3.15. The van der Waals surface area contributed by atoms with Crippen LogP contribution in [0.4, 0.5) is 5.69 Å². The first-order chi connectivity index (χ1) is 17.2. The molecule has 0 atom stereocenters. The standard InChI is InChI=1S/C28H30ClN5O2/c1-4-23(36)33-14-28(15-33)10-20(11-28)34-17(3)24(25-21(12-30)22(31)9-16(2)26(25)29)27(32-34)19-7-5-18(13-35)6-8-19/h4-9,12,20,30,35H,1,10-11,13-15,31H2,2-3H3. The molecule has 2 aromatic carbocycles. The number of aliphatic hydroxyl groups excluding tert-OH is 1. The maximum Gasteiger partial charge on any atom is 0.245 e. The molecule has 7 nitrogen and oxygen atoms in total. The number of likely N-dealkylation sites (tertiary alicyclic amines) is 1. The number of carbonyl (C=O) groups is 1. The summed E-state index contributed by atoms with van der Waals surface area (Å²) < 4.78 is 2.08. The van der Waals surface area contributed by atoms with E-state index in [0.717, 1.165) is 65.1 Å². The first-order valence-electron chi connectivity index (χ1n) is 12.0. The molecule has 0 radical (unpaired) electrons. The number of benzene rings is 2. The van der Waals surface area contributed by atoms with Crippen LogP contribution in [0.1, 0.15) is 41.3 Å². The van der Waals surface area contributed by atoms with Crippen LogP contribution in [-0.2, 0) is 11.4 Å². The van der Waals surface area contributed by atoms with Crippen molar-refractivity contribution >= 4 is 29.4 Å². The molecule has 2 fully saturated rings. The number of aryl methyl sites for hydroxylation is 1. The topological polar surface area (TPSA) is 108 Å². The third kappa shape index (κ3) is 3.74. The Morgan fingerprint density at radius 1 is 1.28 bits per heavy atom. The number of hydrogen-bond donors (Lipinski definition) is 3. The van der Waals surface area contributed by atoms with Gasteiger partial charge in [-0.25, -0.2) is 0 Å². The number of hydrogen-bond acceptors (Lipinski definition) is 5. The number of nitrogens with zero attached hydrogens (tertiary/aromatic N) is 3. The van der Waals surface area contributed by atoms with Crippen molar-refractivity contribution in [3.63, 3.8) is 0 Å². The van der Waals surface area contributed by atoms with Crippen LogP contribution in [0.2, 0.25) is 5.02 Å². The number of anilines is 1. The van der Waals surface area contributed by atoms with Crippen LogP contribution >= 0.6 is 11.6 Å². The van der Waals surface area contributed by atoms with Gasteiger partial charge in [0, 0.05) is 58.4 Å². The van der Waals surface area contributed by atoms with Gasteiger partial charge in [0.1, 0.15) is 5.69 Å². The lowest BCUT2D eigenvalue weighted by molar-refractivity contribution is -0.149. The lowest BCUT2D eigenvalue weighted by atomic mass is 9.60. The highest BCUT2D eigenvalue weighted by molar-refractivity contribution is 6.35. The van der Waals surface area contributed by atoms with Crippen LogP contribution in [0.3, 0.4) is 0 Å². The van der Waals surface area contributed by atoms with Gasteiger partial charge in [-0.1, -0.05) is 42.4 Å². The SMILES string of the molecule is C=CC(=O)N1CC2(CC(n3nc(-c4ccc(CO)cc4)c(-c4c(Cl)c(C)cc(N)c4C=N)c3C)C2)C1. The summed E-state index contributed by atoms with van der Waals surface area (Å²) in [6, 6.07) is 9.67. The molecule has 1 saturated carbocycles. The monoisotopic (exact) mass is 503 g/mol. The largest absolute Gasteiger partial charge is 0.398 e. The summed E-state index contributed by atoms with van der Waals surface area (Å²) in [6.45, 7) is 9.02. The van der Waals surface area contributed by atoms with Gasteiger partial charge in [0.25, 0.3) is 0 Å². The van der Waals surface area contributed by atoms with E-state index in [1.54, 1.807) is 6.07 Å². The Balaban J connectivity index is 1.60. The number of amides is 1. The summed E-state index contributed by atoms with van der Waals surface area (Å²) in [5.41, 5.74) is 13.4. The Kier molecular flexibility index (Phi) is 6.01. The van der Waals surface area contributed by atoms with Gasteiger partial charge in [-0.15, -0.1) is 0 Å². The predicted molar refractivity (Wildman–Crippen MR) is 143 cm³/mol. The van der Waals surface area contributed by atoms with Gasteiger partial charge >= 0.3 is 0 Å². The van der Waals surface area contributed by atoms with Gasteiger partial charge in [0.2, 0.25) is 5.91 Å². The second kappa shape index (κ2) is 8.91. The van der Waals surface area contributed by atoms with Gasteiger partial charge < -0.3 is 21.1 Å². The van der Waals surface area contributed by atoms with E-state index in [0.29, 0.717) is 16.3 Å². The zero-order chi connectivity index (χ0) is 25.8. The Hall–Kier alpha value is -3.42. The lowest BCUT2D eigenvalue weighted by Gasteiger charge is -2.58. The maximum absolute atomic E-state index is 11.9. The summed E-state index contributed by atoms with van der Waals surface area (Å²) in [6.07, 6.45) is 4.52. The molecule has 1 saturated heterocycles. The number of nitrogens with one attached hydrogen (secondary N) is 1. The minimum atomic E-state index is -0.0334. The molecular formula is C28H30ClN5O2. The fourth-order valence-electron chi connectivity index (χ4n) is 5.80. The van der Waals surface area contributed by atoms with Gasteiger partial charge in [-0.3, -0.25) is 9.48 Å². The molecule has 5 rings (SSSR count). The van der Waals surface area contributed by atoms with Crippen LogP contribution in [-0.4, -0.2) is 45.0 Å².